The molecule has 0 aliphatic rings. The monoisotopic (exact) mass is 370 g/mol. The van der Waals surface area contributed by atoms with Gasteiger partial charge in [0.1, 0.15) is 44.0 Å². The van der Waals surface area contributed by atoms with Crippen LogP contribution in [0.5, 0.6) is 5.75 Å². The maximum atomic E-state index is 14.2. The lowest BCUT2D eigenvalue weighted by Gasteiger charge is -2.07. The number of halogens is 2. The quantitative estimate of drug-likeness (QED) is 0.685. The zero-order chi connectivity index (χ0) is 17.6. The molecule has 0 bridgehead atoms. The van der Waals surface area contributed by atoms with E-state index in [0.717, 1.165) is 12.1 Å². The highest BCUT2D eigenvalue weighted by Crippen LogP contribution is 2.35. The number of H-pyrrole nitrogens is 1. The van der Waals surface area contributed by atoms with Gasteiger partial charge in [0.05, 0.1) is 7.11 Å². The van der Waals surface area contributed by atoms with Crippen molar-refractivity contribution in [1.29, 1.82) is 0 Å². The van der Waals surface area contributed by atoms with Gasteiger partial charge in [0.2, 0.25) is 9.84 Å². The molecule has 0 amide bonds. The molecule has 126 valence electrons. The molecule has 0 aliphatic carbocycles. The Balaban J connectivity index is 2.32. The molecule has 10 heteroatoms. The number of aromatic nitrogens is 3. The fourth-order valence-corrected chi connectivity index (χ4v) is 4.13. The van der Waals surface area contributed by atoms with Gasteiger partial charge in [0, 0.05) is 6.07 Å². The number of nitrogens with two attached hydrogens (primary N) is 1. The predicted molar refractivity (Wildman–Crippen MR) is 86.5 cm³/mol. The van der Waals surface area contributed by atoms with E-state index in [1.807, 2.05) is 0 Å². The Bertz CT molecular complexity index is 1070. The van der Waals surface area contributed by atoms with Crippen LogP contribution in [0, 0.1) is 12.7 Å². The number of hydrogen-bond acceptors (Lipinski definition) is 6. The summed E-state index contributed by atoms with van der Waals surface area (Å²) in [4.78, 5) is 9.77. The van der Waals surface area contributed by atoms with Crippen LogP contribution in [0.4, 0.5) is 10.2 Å². The topological polar surface area (TPSA) is 111 Å². The number of benzene rings is 1. The minimum absolute atomic E-state index is 0.0141. The van der Waals surface area contributed by atoms with Gasteiger partial charge >= 0.3 is 0 Å². The first-order valence-corrected chi connectivity index (χ1v) is 8.51. The first-order chi connectivity index (χ1) is 11.3. The summed E-state index contributed by atoms with van der Waals surface area (Å²) in [6.45, 7) is 1.55. The molecular formula is C14H12ClFN4O3S. The summed E-state index contributed by atoms with van der Waals surface area (Å²) in [5.41, 5.74) is 5.98. The molecule has 2 aromatic heterocycles. The maximum Gasteiger partial charge on any atom is 0.215 e. The smallest absolute Gasteiger partial charge is 0.215 e. The van der Waals surface area contributed by atoms with Crippen molar-refractivity contribution in [2.75, 3.05) is 12.8 Å². The van der Waals surface area contributed by atoms with Crippen LogP contribution in [0.3, 0.4) is 0 Å². The maximum absolute atomic E-state index is 14.2. The summed E-state index contributed by atoms with van der Waals surface area (Å²) in [5, 5.41) is 0.0286. The number of methoxy groups -OCH3 is 1. The third kappa shape index (κ3) is 2.45. The highest BCUT2D eigenvalue weighted by atomic mass is 35.5. The molecule has 3 aromatic rings. The van der Waals surface area contributed by atoms with E-state index in [1.165, 1.54) is 13.2 Å². The normalized spacial score (nSPS) is 11.8. The lowest BCUT2D eigenvalue weighted by molar-refractivity contribution is 0.410. The molecule has 1 aromatic carbocycles. The molecule has 24 heavy (non-hydrogen) atoms. The lowest BCUT2D eigenvalue weighted by atomic mass is 10.3. The van der Waals surface area contributed by atoms with Gasteiger partial charge in [-0.3, -0.25) is 0 Å². The fraction of sp³-hybridized carbons (Fsp3) is 0.143. The van der Waals surface area contributed by atoms with Crippen LogP contribution in [-0.2, 0) is 9.84 Å². The van der Waals surface area contributed by atoms with E-state index in [1.54, 1.807) is 6.92 Å². The predicted octanol–water partition coefficient (Wildman–Crippen LogP) is 2.48. The van der Waals surface area contributed by atoms with Gasteiger partial charge in [-0.2, -0.15) is 0 Å². The average molecular weight is 371 g/mol. The molecule has 0 aliphatic heterocycles. The van der Waals surface area contributed by atoms with Crippen LogP contribution < -0.4 is 10.5 Å². The van der Waals surface area contributed by atoms with E-state index in [2.05, 4.69) is 15.0 Å². The van der Waals surface area contributed by atoms with Gasteiger partial charge in [0.15, 0.2) is 5.15 Å². The van der Waals surface area contributed by atoms with E-state index < -0.39 is 20.5 Å². The Morgan fingerprint density at radius 3 is 2.67 bits per heavy atom. The summed E-state index contributed by atoms with van der Waals surface area (Å²) in [6, 6.07) is 3.43. The standard InChI is InChI=1S/C14H12ClFN4O3S/c1-6-18-10-11(13(15)19-6)20-14(17)12(10)24(21,22)9-4-3-7(23-2)5-8(9)16/h3-5,20H,17H2,1-2H3. The molecule has 0 unspecified atom stereocenters. The first-order valence-electron chi connectivity index (χ1n) is 6.65. The minimum atomic E-state index is -4.28. The van der Waals surface area contributed by atoms with E-state index in [9.17, 15) is 12.8 Å². The average Bonchev–Trinajstić information content (AvgIpc) is 2.83. The molecular weight excluding hydrogens is 359 g/mol. The second-order valence-corrected chi connectivity index (χ2v) is 7.17. The number of rotatable bonds is 3. The first kappa shape index (κ1) is 16.5. The molecule has 2 heterocycles. The van der Waals surface area contributed by atoms with Crippen LogP contribution in [-0.4, -0.2) is 30.5 Å². The van der Waals surface area contributed by atoms with Crippen molar-refractivity contribution in [2.45, 2.75) is 16.7 Å². The molecule has 0 atom stereocenters. The number of hydrogen-bond donors (Lipinski definition) is 2. The number of ether oxygens (including phenoxy) is 1. The Morgan fingerprint density at radius 2 is 2.04 bits per heavy atom. The largest absolute Gasteiger partial charge is 0.497 e. The van der Waals surface area contributed by atoms with Crippen LogP contribution in [0.15, 0.2) is 28.0 Å². The van der Waals surface area contributed by atoms with E-state index >= 15 is 0 Å². The molecule has 0 saturated carbocycles. The Kier molecular flexibility index (Phi) is 3.84. The number of nitrogens with zero attached hydrogens (tertiary/aromatic N) is 2. The summed E-state index contributed by atoms with van der Waals surface area (Å²) in [5.74, 6) is -0.695. The second-order valence-electron chi connectivity index (χ2n) is 4.95. The van der Waals surface area contributed by atoms with Crippen LogP contribution >= 0.6 is 11.6 Å². The van der Waals surface area contributed by atoms with Crippen molar-refractivity contribution in [1.82, 2.24) is 15.0 Å². The number of fused-ring (bicyclic) bond motifs is 1. The van der Waals surface area contributed by atoms with Crippen LogP contribution in [0.1, 0.15) is 5.82 Å². The number of nitrogen functional groups attached to an aromatic ring is 1. The highest BCUT2D eigenvalue weighted by molar-refractivity contribution is 7.92. The number of aryl methyl sites for hydroxylation is 1. The molecule has 0 fully saturated rings. The van der Waals surface area contributed by atoms with Gasteiger partial charge in [-0.1, -0.05) is 11.6 Å². The summed E-state index contributed by atoms with van der Waals surface area (Å²) in [7, 11) is -2.93. The number of nitrogens with one attached hydrogen (secondary N) is 1. The van der Waals surface area contributed by atoms with Crippen molar-refractivity contribution in [3.63, 3.8) is 0 Å². The van der Waals surface area contributed by atoms with Crippen molar-refractivity contribution in [3.05, 3.63) is 35.0 Å². The third-order valence-electron chi connectivity index (χ3n) is 3.39. The molecule has 0 spiro atoms. The van der Waals surface area contributed by atoms with Crippen molar-refractivity contribution in [3.8, 4) is 5.75 Å². The highest BCUT2D eigenvalue weighted by Gasteiger charge is 2.30. The van der Waals surface area contributed by atoms with Crippen molar-refractivity contribution < 1.29 is 17.5 Å². The van der Waals surface area contributed by atoms with E-state index in [4.69, 9.17) is 22.1 Å². The minimum Gasteiger partial charge on any atom is -0.497 e. The molecule has 0 radical (unpaired) electrons. The second kappa shape index (κ2) is 5.60. The molecule has 3 N–H and O–H groups in total. The Labute approximate surface area is 141 Å². The lowest BCUT2D eigenvalue weighted by Crippen LogP contribution is -2.07. The zero-order valence-electron chi connectivity index (χ0n) is 12.6. The van der Waals surface area contributed by atoms with Gasteiger partial charge in [0.25, 0.3) is 0 Å². The Morgan fingerprint density at radius 1 is 1.33 bits per heavy atom. The van der Waals surface area contributed by atoms with Crippen molar-refractivity contribution >= 4 is 38.3 Å². The Hall–Kier alpha value is -2.39. The van der Waals surface area contributed by atoms with Gasteiger partial charge < -0.3 is 15.5 Å². The third-order valence-corrected chi connectivity index (χ3v) is 5.53. The van der Waals surface area contributed by atoms with Crippen LogP contribution in [0.2, 0.25) is 5.15 Å². The van der Waals surface area contributed by atoms with E-state index in [0.29, 0.717) is 0 Å². The fourth-order valence-electron chi connectivity index (χ4n) is 2.34. The zero-order valence-corrected chi connectivity index (χ0v) is 14.2. The summed E-state index contributed by atoms with van der Waals surface area (Å²) in [6.07, 6.45) is 0. The van der Waals surface area contributed by atoms with Crippen molar-refractivity contribution in [2.24, 2.45) is 0 Å². The molecule has 0 saturated heterocycles. The SMILES string of the molecule is COc1ccc(S(=O)(=O)c2c(N)[nH]c3c(Cl)nc(C)nc23)c(F)c1. The summed E-state index contributed by atoms with van der Waals surface area (Å²) >= 11 is 5.99. The van der Waals surface area contributed by atoms with Gasteiger partial charge in [-0.25, -0.2) is 22.8 Å². The van der Waals surface area contributed by atoms with Gasteiger partial charge in [-0.05, 0) is 19.1 Å². The summed E-state index contributed by atoms with van der Waals surface area (Å²) < 4.78 is 44.9. The van der Waals surface area contributed by atoms with Gasteiger partial charge in [-0.15, -0.1) is 0 Å². The number of aromatic amines is 1. The molecule has 3 rings (SSSR count). The molecule has 7 nitrogen and oxygen atoms in total. The number of anilines is 1. The van der Waals surface area contributed by atoms with E-state index in [-0.39, 0.29) is 38.5 Å². The van der Waals surface area contributed by atoms with Crippen LogP contribution in [0.25, 0.3) is 11.0 Å². The number of sulfone groups is 1.